The lowest BCUT2D eigenvalue weighted by atomic mass is 10.2. The summed E-state index contributed by atoms with van der Waals surface area (Å²) in [4.78, 5) is 0.138. The van der Waals surface area contributed by atoms with Gasteiger partial charge in [0.15, 0.2) is 5.11 Å². The summed E-state index contributed by atoms with van der Waals surface area (Å²) < 4.78 is 27.8. The van der Waals surface area contributed by atoms with E-state index in [0.29, 0.717) is 27.1 Å². The molecule has 0 aliphatic rings. The van der Waals surface area contributed by atoms with E-state index in [4.69, 9.17) is 23.8 Å². The predicted molar refractivity (Wildman–Crippen MR) is 120 cm³/mol. The highest BCUT2D eigenvalue weighted by Gasteiger charge is 2.16. The van der Waals surface area contributed by atoms with Crippen molar-refractivity contribution in [3.8, 4) is 0 Å². The van der Waals surface area contributed by atoms with Crippen LogP contribution in [-0.4, -0.2) is 13.5 Å². The molecule has 5 nitrogen and oxygen atoms in total. The Hall–Kier alpha value is -2.61. The molecule has 0 aromatic heterocycles. The van der Waals surface area contributed by atoms with E-state index in [2.05, 4.69) is 15.4 Å². The number of halogens is 1. The topological polar surface area (TPSA) is 70.2 Å². The van der Waals surface area contributed by atoms with Crippen LogP contribution in [0.5, 0.6) is 0 Å². The van der Waals surface area contributed by atoms with Gasteiger partial charge in [0.05, 0.1) is 10.6 Å². The molecule has 0 atom stereocenters. The number of hydrogen-bond donors (Lipinski definition) is 3. The number of nitrogens with one attached hydrogen (secondary N) is 3. The number of hydrogen-bond acceptors (Lipinski definition) is 3. The zero-order valence-corrected chi connectivity index (χ0v) is 17.3. The largest absolute Gasteiger partial charge is 0.332 e. The average molecular weight is 432 g/mol. The molecule has 0 aliphatic heterocycles. The van der Waals surface area contributed by atoms with Crippen molar-refractivity contribution in [3.05, 3.63) is 83.4 Å². The van der Waals surface area contributed by atoms with Gasteiger partial charge in [-0.25, -0.2) is 8.42 Å². The Morgan fingerprint density at radius 1 is 0.857 bits per heavy atom. The average Bonchev–Trinajstić information content (AvgIpc) is 2.66. The fraction of sp³-hybridized carbons (Fsp3) is 0.0500. The lowest BCUT2D eigenvalue weighted by molar-refractivity contribution is 0.601. The maximum Gasteiger partial charge on any atom is 0.261 e. The van der Waals surface area contributed by atoms with Crippen LogP contribution in [0.1, 0.15) is 5.56 Å². The zero-order chi connectivity index (χ0) is 20.1. The van der Waals surface area contributed by atoms with Crippen LogP contribution in [0, 0.1) is 6.92 Å². The maximum absolute atomic E-state index is 12.6. The summed E-state index contributed by atoms with van der Waals surface area (Å²) in [5.41, 5.74) is 2.65. The highest BCUT2D eigenvalue weighted by Crippen LogP contribution is 2.26. The van der Waals surface area contributed by atoms with E-state index in [1.807, 2.05) is 30.3 Å². The van der Waals surface area contributed by atoms with Gasteiger partial charge in [-0.15, -0.1) is 0 Å². The van der Waals surface area contributed by atoms with E-state index >= 15 is 0 Å². The SMILES string of the molecule is Cc1c(Cl)cccc1NS(=O)(=O)c1ccc(NC(=S)Nc2ccccc2)cc1. The summed E-state index contributed by atoms with van der Waals surface area (Å²) in [6, 6.07) is 20.9. The van der Waals surface area contributed by atoms with Gasteiger partial charge in [-0.3, -0.25) is 4.72 Å². The molecule has 3 aromatic rings. The molecule has 0 aliphatic carbocycles. The van der Waals surface area contributed by atoms with Crippen molar-refractivity contribution >= 4 is 56.0 Å². The van der Waals surface area contributed by atoms with Gasteiger partial charge in [0.25, 0.3) is 10.0 Å². The smallest absolute Gasteiger partial charge is 0.261 e. The highest BCUT2D eigenvalue weighted by molar-refractivity contribution is 7.92. The van der Waals surface area contributed by atoms with E-state index in [1.165, 1.54) is 12.1 Å². The minimum Gasteiger partial charge on any atom is -0.332 e. The Morgan fingerprint density at radius 2 is 1.46 bits per heavy atom. The molecule has 0 fully saturated rings. The molecule has 0 spiro atoms. The molecular formula is C20H18ClN3O2S2. The first-order chi connectivity index (χ1) is 13.3. The van der Waals surface area contributed by atoms with Crippen LogP contribution >= 0.6 is 23.8 Å². The first-order valence-corrected chi connectivity index (χ1v) is 10.6. The zero-order valence-electron chi connectivity index (χ0n) is 14.9. The molecule has 3 N–H and O–H groups in total. The van der Waals surface area contributed by atoms with Crippen LogP contribution in [0.3, 0.4) is 0 Å². The summed E-state index contributed by atoms with van der Waals surface area (Å²) in [6.07, 6.45) is 0. The standard InChI is InChI=1S/C20H18ClN3O2S2/c1-14-18(21)8-5-9-19(14)24-28(25,26)17-12-10-16(11-13-17)23-20(27)22-15-6-3-2-4-7-15/h2-13,24H,1H3,(H2,22,23,27). The molecule has 28 heavy (non-hydrogen) atoms. The Morgan fingerprint density at radius 3 is 2.11 bits per heavy atom. The van der Waals surface area contributed by atoms with Crippen LogP contribution in [0.15, 0.2) is 77.7 Å². The lowest BCUT2D eigenvalue weighted by Crippen LogP contribution is -2.19. The van der Waals surface area contributed by atoms with Gasteiger partial charge >= 0.3 is 0 Å². The first kappa shape index (κ1) is 20.1. The Bertz CT molecular complexity index is 1090. The molecule has 0 radical (unpaired) electrons. The van der Waals surface area contributed by atoms with Crippen LogP contribution in [0.2, 0.25) is 5.02 Å². The highest BCUT2D eigenvalue weighted by atomic mass is 35.5. The second kappa shape index (κ2) is 8.60. The minimum atomic E-state index is -3.73. The van der Waals surface area contributed by atoms with Gasteiger partial charge < -0.3 is 10.6 Å². The minimum absolute atomic E-state index is 0.138. The molecule has 0 saturated carbocycles. The van der Waals surface area contributed by atoms with Crippen LogP contribution in [-0.2, 0) is 10.0 Å². The summed E-state index contributed by atoms with van der Waals surface area (Å²) in [5, 5.41) is 6.99. The summed E-state index contributed by atoms with van der Waals surface area (Å²) in [7, 11) is -3.73. The third kappa shape index (κ3) is 5.01. The molecule has 0 heterocycles. The normalized spacial score (nSPS) is 10.9. The van der Waals surface area contributed by atoms with Crippen molar-refractivity contribution < 1.29 is 8.42 Å². The molecule has 0 unspecified atom stereocenters. The van der Waals surface area contributed by atoms with Gasteiger partial charge in [-0.05, 0) is 73.2 Å². The van der Waals surface area contributed by atoms with E-state index in [1.54, 1.807) is 37.3 Å². The van der Waals surface area contributed by atoms with E-state index in [9.17, 15) is 8.42 Å². The molecular weight excluding hydrogens is 414 g/mol. The lowest BCUT2D eigenvalue weighted by Gasteiger charge is -2.13. The van der Waals surface area contributed by atoms with Crippen molar-refractivity contribution in [2.75, 3.05) is 15.4 Å². The van der Waals surface area contributed by atoms with Gasteiger partial charge in [0.2, 0.25) is 0 Å². The van der Waals surface area contributed by atoms with Gasteiger partial charge in [-0.2, -0.15) is 0 Å². The molecule has 3 aromatic carbocycles. The van der Waals surface area contributed by atoms with Gasteiger partial charge in [-0.1, -0.05) is 35.9 Å². The van der Waals surface area contributed by atoms with Crippen LogP contribution < -0.4 is 15.4 Å². The van der Waals surface area contributed by atoms with Crippen molar-refractivity contribution in [1.29, 1.82) is 0 Å². The van der Waals surface area contributed by atoms with Crippen molar-refractivity contribution in [1.82, 2.24) is 0 Å². The molecule has 144 valence electrons. The van der Waals surface area contributed by atoms with E-state index in [0.717, 1.165) is 5.69 Å². The molecule has 0 bridgehead atoms. The van der Waals surface area contributed by atoms with E-state index < -0.39 is 10.0 Å². The van der Waals surface area contributed by atoms with E-state index in [-0.39, 0.29) is 4.90 Å². The number of sulfonamides is 1. The quantitative estimate of drug-likeness (QED) is 0.481. The Kier molecular flexibility index (Phi) is 6.18. The van der Waals surface area contributed by atoms with Gasteiger partial charge in [0, 0.05) is 16.4 Å². The monoisotopic (exact) mass is 431 g/mol. The second-order valence-electron chi connectivity index (χ2n) is 5.99. The van der Waals surface area contributed by atoms with Crippen LogP contribution in [0.4, 0.5) is 17.1 Å². The number of para-hydroxylation sites is 1. The fourth-order valence-corrected chi connectivity index (χ4v) is 3.99. The molecule has 8 heteroatoms. The van der Waals surface area contributed by atoms with Gasteiger partial charge in [0.1, 0.15) is 0 Å². The summed E-state index contributed by atoms with van der Waals surface area (Å²) in [5.74, 6) is 0. The summed E-state index contributed by atoms with van der Waals surface area (Å²) in [6.45, 7) is 1.76. The number of thiocarbonyl (C=S) groups is 1. The Balaban J connectivity index is 1.69. The third-order valence-electron chi connectivity index (χ3n) is 3.97. The van der Waals surface area contributed by atoms with Crippen molar-refractivity contribution in [3.63, 3.8) is 0 Å². The molecule has 3 rings (SSSR count). The second-order valence-corrected chi connectivity index (χ2v) is 8.49. The summed E-state index contributed by atoms with van der Waals surface area (Å²) >= 11 is 11.3. The third-order valence-corrected chi connectivity index (χ3v) is 5.96. The molecule has 0 saturated heterocycles. The molecule has 0 amide bonds. The first-order valence-electron chi connectivity index (χ1n) is 8.36. The fourth-order valence-electron chi connectivity index (χ4n) is 2.45. The number of anilines is 3. The van der Waals surface area contributed by atoms with Crippen molar-refractivity contribution in [2.45, 2.75) is 11.8 Å². The Labute approximate surface area is 174 Å². The number of rotatable bonds is 5. The van der Waals surface area contributed by atoms with Crippen LogP contribution in [0.25, 0.3) is 0 Å². The van der Waals surface area contributed by atoms with Crippen molar-refractivity contribution in [2.24, 2.45) is 0 Å². The predicted octanol–water partition coefficient (Wildman–Crippen LogP) is 5.26. The maximum atomic E-state index is 12.6. The number of benzene rings is 3.